The van der Waals surface area contributed by atoms with E-state index in [-0.39, 0.29) is 5.69 Å². The number of para-hydroxylation sites is 1. The minimum atomic E-state index is -1.45. The highest BCUT2D eigenvalue weighted by atomic mass is 19.1. The average Bonchev–Trinajstić information content (AvgIpc) is 3.02. The number of anilines is 1. The van der Waals surface area contributed by atoms with Gasteiger partial charge < -0.3 is 10.6 Å². The Balaban J connectivity index is 1.66. The van der Waals surface area contributed by atoms with Crippen molar-refractivity contribution in [3.8, 4) is 0 Å². The highest BCUT2D eigenvalue weighted by Crippen LogP contribution is 2.35. The second-order valence-corrected chi connectivity index (χ2v) is 6.83. The number of imide groups is 1. The Morgan fingerprint density at radius 3 is 1.97 bits per heavy atom. The molecule has 1 fully saturated rings. The summed E-state index contributed by atoms with van der Waals surface area (Å²) in [6.45, 7) is -0.541. The van der Waals surface area contributed by atoms with Crippen molar-refractivity contribution in [2.24, 2.45) is 0 Å². The molecule has 0 radical (unpaired) electrons. The first-order chi connectivity index (χ1) is 14.5. The van der Waals surface area contributed by atoms with Crippen molar-refractivity contribution >= 4 is 23.5 Å². The SMILES string of the molecule is O=C(CN1C(=O)NC(c2ccccc2)(c2ccccc2)C1=O)Nc1ccccc1F. The van der Waals surface area contributed by atoms with Crippen molar-refractivity contribution in [3.05, 3.63) is 102 Å². The maximum atomic E-state index is 13.8. The maximum Gasteiger partial charge on any atom is 0.326 e. The van der Waals surface area contributed by atoms with Crippen molar-refractivity contribution in [2.45, 2.75) is 5.54 Å². The fraction of sp³-hybridized carbons (Fsp3) is 0.0870. The van der Waals surface area contributed by atoms with Gasteiger partial charge in [0.15, 0.2) is 5.54 Å². The van der Waals surface area contributed by atoms with Gasteiger partial charge in [0, 0.05) is 0 Å². The van der Waals surface area contributed by atoms with Crippen molar-refractivity contribution < 1.29 is 18.8 Å². The number of hydrogen-bond acceptors (Lipinski definition) is 3. The number of amides is 4. The second-order valence-electron chi connectivity index (χ2n) is 6.83. The number of carbonyl (C=O) groups excluding carboxylic acids is 3. The number of halogens is 1. The monoisotopic (exact) mass is 403 g/mol. The summed E-state index contributed by atoms with van der Waals surface area (Å²) >= 11 is 0. The molecule has 0 unspecified atom stereocenters. The molecule has 3 aromatic rings. The Hall–Kier alpha value is -4.00. The van der Waals surface area contributed by atoms with Crippen molar-refractivity contribution in [1.29, 1.82) is 0 Å². The fourth-order valence-electron chi connectivity index (χ4n) is 3.55. The first-order valence-electron chi connectivity index (χ1n) is 9.32. The lowest BCUT2D eigenvalue weighted by molar-refractivity contribution is -0.133. The number of rotatable bonds is 5. The number of carbonyl (C=O) groups is 3. The number of nitrogens with zero attached hydrogens (tertiary/aromatic N) is 1. The van der Waals surface area contributed by atoms with E-state index in [1.165, 1.54) is 18.2 Å². The lowest BCUT2D eigenvalue weighted by Gasteiger charge is -2.28. The van der Waals surface area contributed by atoms with Gasteiger partial charge in [-0.05, 0) is 23.3 Å². The van der Waals surface area contributed by atoms with Crippen molar-refractivity contribution in [2.75, 3.05) is 11.9 Å². The summed E-state index contributed by atoms with van der Waals surface area (Å²) in [6, 6.07) is 22.7. The maximum absolute atomic E-state index is 13.8. The molecule has 0 bridgehead atoms. The van der Waals surface area contributed by atoms with Crippen LogP contribution in [0.15, 0.2) is 84.9 Å². The summed E-state index contributed by atoms with van der Waals surface area (Å²) in [5.74, 6) is -1.86. The van der Waals surface area contributed by atoms with Crippen molar-refractivity contribution in [1.82, 2.24) is 10.2 Å². The molecule has 30 heavy (non-hydrogen) atoms. The molecular weight excluding hydrogens is 385 g/mol. The van der Waals surface area contributed by atoms with Crippen LogP contribution in [0.25, 0.3) is 0 Å². The molecule has 0 spiro atoms. The highest BCUT2D eigenvalue weighted by molar-refractivity contribution is 6.12. The normalized spacial score (nSPS) is 15.0. The molecule has 2 N–H and O–H groups in total. The minimum Gasteiger partial charge on any atom is -0.322 e. The highest BCUT2D eigenvalue weighted by Gasteiger charge is 2.54. The van der Waals surface area contributed by atoms with E-state index < -0.39 is 35.7 Å². The molecule has 1 saturated heterocycles. The standard InChI is InChI=1S/C23H18FN3O3/c24-18-13-7-8-14-19(18)25-20(28)15-27-21(29)23(26-22(27)30,16-9-3-1-4-10-16)17-11-5-2-6-12-17/h1-14H,15H2,(H,25,28)(H,26,30). The van der Waals surface area contributed by atoms with E-state index in [2.05, 4.69) is 10.6 Å². The molecule has 3 aromatic carbocycles. The van der Waals surface area contributed by atoms with E-state index >= 15 is 0 Å². The van der Waals surface area contributed by atoms with Gasteiger partial charge in [-0.25, -0.2) is 9.18 Å². The van der Waals surface area contributed by atoms with Gasteiger partial charge in [-0.15, -0.1) is 0 Å². The zero-order valence-electron chi connectivity index (χ0n) is 15.8. The summed E-state index contributed by atoms with van der Waals surface area (Å²) in [6.07, 6.45) is 0. The third kappa shape index (κ3) is 3.30. The molecule has 0 saturated carbocycles. The zero-order chi connectivity index (χ0) is 21.1. The summed E-state index contributed by atoms with van der Waals surface area (Å²) < 4.78 is 13.8. The fourth-order valence-corrected chi connectivity index (χ4v) is 3.55. The van der Waals surface area contributed by atoms with Crippen LogP contribution in [0.1, 0.15) is 11.1 Å². The average molecular weight is 403 g/mol. The van der Waals surface area contributed by atoms with Gasteiger partial charge in [-0.3, -0.25) is 14.5 Å². The summed E-state index contributed by atoms with van der Waals surface area (Å²) in [5, 5.41) is 5.16. The van der Waals surface area contributed by atoms with Crippen LogP contribution in [0.2, 0.25) is 0 Å². The number of benzene rings is 3. The molecule has 0 atom stereocenters. The van der Waals surface area contributed by atoms with E-state index in [9.17, 15) is 18.8 Å². The minimum absolute atomic E-state index is 0.0214. The van der Waals surface area contributed by atoms with E-state index in [1.54, 1.807) is 54.6 Å². The van der Waals surface area contributed by atoms with Crippen LogP contribution < -0.4 is 10.6 Å². The van der Waals surface area contributed by atoms with Gasteiger partial charge in [-0.1, -0.05) is 72.8 Å². The Bertz CT molecular complexity index is 1060. The van der Waals surface area contributed by atoms with Crippen LogP contribution in [0.3, 0.4) is 0 Å². The first-order valence-corrected chi connectivity index (χ1v) is 9.32. The van der Waals surface area contributed by atoms with Gasteiger partial charge >= 0.3 is 6.03 Å². The quantitative estimate of drug-likeness (QED) is 0.642. The first kappa shape index (κ1) is 19.3. The summed E-state index contributed by atoms with van der Waals surface area (Å²) in [4.78, 5) is 39.5. The molecule has 1 aliphatic rings. The lowest BCUT2D eigenvalue weighted by Crippen LogP contribution is -2.45. The van der Waals surface area contributed by atoms with Gasteiger partial charge in [0.2, 0.25) is 5.91 Å². The molecule has 0 aliphatic carbocycles. The molecule has 1 aliphatic heterocycles. The zero-order valence-corrected chi connectivity index (χ0v) is 15.8. The van der Waals surface area contributed by atoms with Crippen LogP contribution in [0.4, 0.5) is 14.9 Å². The van der Waals surface area contributed by atoms with Crippen LogP contribution in [0, 0.1) is 5.82 Å². The molecule has 4 amide bonds. The molecule has 4 rings (SSSR count). The molecule has 0 aromatic heterocycles. The largest absolute Gasteiger partial charge is 0.326 e. The van der Waals surface area contributed by atoms with E-state index in [4.69, 9.17) is 0 Å². The molecular formula is C23H18FN3O3. The lowest BCUT2D eigenvalue weighted by atomic mass is 9.82. The number of hydrogen-bond donors (Lipinski definition) is 2. The molecule has 1 heterocycles. The Morgan fingerprint density at radius 1 is 0.867 bits per heavy atom. The second kappa shape index (κ2) is 7.79. The molecule has 6 nitrogen and oxygen atoms in total. The van der Waals surface area contributed by atoms with E-state index in [1.807, 2.05) is 12.1 Å². The van der Waals surface area contributed by atoms with Gasteiger partial charge in [0.1, 0.15) is 12.4 Å². The number of urea groups is 1. The van der Waals surface area contributed by atoms with E-state index in [0.29, 0.717) is 11.1 Å². The molecule has 7 heteroatoms. The number of nitrogens with one attached hydrogen (secondary N) is 2. The van der Waals surface area contributed by atoms with Crippen LogP contribution in [-0.4, -0.2) is 29.3 Å². The Morgan fingerprint density at radius 2 is 1.40 bits per heavy atom. The topological polar surface area (TPSA) is 78.5 Å². The Labute approximate surface area is 172 Å². The van der Waals surface area contributed by atoms with Crippen LogP contribution in [-0.2, 0) is 15.1 Å². The third-order valence-electron chi connectivity index (χ3n) is 4.97. The van der Waals surface area contributed by atoms with Crippen LogP contribution >= 0.6 is 0 Å². The van der Waals surface area contributed by atoms with Gasteiger partial charge in [-0.2, -0.15) is 0 Å². The molecule has 150 valence electrons. The van der Waals surface area contributed by atoms with E-state index in [0.717, 1.165) is 4.90 Å². The predicted octanol–water partition coefficient (Wildman–Crippen LogP) is 3.26. The smallest absolute Gasteiger partial charge is 0.322 e. The van der Waals surface area contributed by atoms with Crippen LogP contribution in [0.5, 0.6) is 0 Å². The summed E-state index contributed by atoms with van der Waals surface area (Å²) in [5.41, 5.74) is -0.317. The third-order valence-corrected chi connectivity index (χ3v) is 4.97. The summed E-state index contributed by atoms with van der Waals surface area (Å²) in [7, 11) is 0. The van der Waals surface area contributed by atoms with Gasteiger partial charge in [0.25, 0.3) is 5.91 Å². The predicted molar refractivity (Wildman–Crippen MR) is 109 cm³/mol. The van der Waals surface area contributed by atoms with Gasteiger partial charge in [0.05, 0.1) is 5.69 Å². The Kier molecular flexibility index (Phi) is 5.02. The van der Waals surface area contributed by atoms with Crippen molar-refractivity contribution in [3.63, 3.8) is 0 Å².